The third kappa shape index (κ3) is 4.40. The number of aliphatic hydroxyl groups is 1. The summed E-state index contributed by atoms with van der Waals surface area (Å²) < 4.78 is 36.0. The van der Waals surface area contributed by atoms with Gasteiger partial charge in [-0.1, -0.05) is 11.3 Å². The van der Waals surface area contributed by atoms with Crippen LogP contribution in [0.15, 0.2) is 17.2 Å². The smallest absolute Gasteiger partial charge is 0.316 e. The molecule has 3 N–H and O–H groups in total. The van der Waals surface area contributed by atoms with E-state index in [-0.39, 0.29) is 16.8 Å². The van der Waals surface area contributed by atoms with E-state index in [4.69, 9.17) is 4.74 Å². The number of carboxylic acid groups (broad SMARTS) is 1. The van der Waals surface area contributed by atoms with E-state index in [0.717, 1.165) is 0 Å². The largest absolute Gasteiger partial charge is 0.481 e. The van der Waals surface area contributed by atoms with Crippen molar-refractivity contribution in [1.29, 1.82) is 0 Å². The lowest BCUT2D eigenvalue weighted by atomic mass is 9.94. The third-order valence-electron chi connectivity index (χ3n) is 6.04. The number of nitrogens with one attached hydrogen (secondary N) is 1. The van der Waals surface area contributed by atoms with Gasteiger partial charge in [0, 0.05) is 17.8 Å². The molecule has 11 nitrogen and oxygen atoms in total. The van der Waals surface area contributed by atoms with E-state index in [1.165, 1.54) is 35.2 Å². The number of aliphatic hydroxyl groups excluding tert-OH is 1. The molecule has 4 rings (SSSR count). The van der Waals surface area contributed by atoms with Gasteiger partial charge in [-0.15, -0.1) is 0 Å². The third-order valence-corrected chi connectivity index (χ3v) is 8.79. The summed E-state index contributed by atoms with van der Waals surface area (Å²) in [6, 6.07) is 1.17. The van der Waals surface area contributed by atoms with E-state index in [9.17, 15) is 23.4 Å². The monoisotopic (exact) mass is 509 g/mol. The van der Waals surface area contributed by atoms with Crippen molar-refractivity contribution in [2.75, 3.05) is 7.11 Å². The predicted octanol–water partition coefficient (Wildman–Crippen LogP) is 2.11. The molecule has 0 aromatic carbocycles. The first-order valence-electron chi connectivity index (χ1n) is 10.8. The molecule has 1 aliphatic rings. The van der Waals surface area contributed by atoms with Crippen LogP contribution in [0.2, 0.25) is 0 Å². The molecule has 34 heavy (non-hydrogen) atoms. The Labute approximate surface area is 200 Å². The maximum absolute atomic E-state index is 13.2. The van der Waals surface area contributed by atoms with Gasteiger partial charge in [0.05, 0.1) is 24.6 Å². The summed E-state index contributed by atoms with van der Waals surface area (Å²) >= 11 is 1.17. The van der Waals surface area contributed by atoms with E-state index in [2.05, 4.69) is 19.8 Å². The summed E-state index contributed by atoms with van der Waals surface area (Å²) in [5.74, 6) is -1.06. The van der Waals surface area contributed by atoms with Crippen molar-refractivity contribution >= 4 is 32.3 Å². The fourth-order valence-corrected chi connectivity index (χ4v) is 6.40. The highest BCUT2D eigenvalue weighted by Gasteiger charge is 2.35. The van der Waals surface area contributed by atoms with Gasteiger partial charge >= 0.3 is 5.97 Å². The molecule has 3 aromatic rings. The Balaban J connectivity index is 1.76. The van der Waals surface area contributed by atoms with Crippen LogP contribution in [0.25, 0.3) is 16.2 Å². The Bertz CT molecular complexity index is 1340. The molecule has 1 aliphatic carbocycles. The van der Waals surface area contributed by atoms with Crippen molar-refractivity contribution in [2.45, 2.75) is 68.9 Å². The number of hydrogen-bond acceptors (Lipinski definition) is 9. The lowest BCUT2D eigenvalue weighted by Gasteiger charge is -2.26. The molecule has 0 amide bonds. The Kier molecular flexibility index (Phi) is 6.40. The Morgan fingerprint density at radius 3 is 2.59 bits per heavy atom. The quantitative estimate of drug-likeness (QED) is 0.434. The van der Waals surface area contributed by atoms with Gasteiger partial charge in [0.25, 0.3) is 0 Å². The highest BCUT2D eigenvalue weighted by molar-refractivity contribution is 7.89. The summed E-state index contributed by atoms with van der Waals surface area (Å²) in [6.45, 7) is 4.90. The van der Waals surface area contributed by atoms with Gasteiger partial charge in [-0.2, -0.15) is 5.10 Å². The molecule has 3 heterocycles. The van der Waals surface area contributed by atoms with E-state index in [0.29, 0.717) is 52.6 Å². The zero-order valence-electron chi connectivity index (χ0n) is 19.3. The van der Waals surface area contributed by atoms with Gasteiger partial charge in [-0.3, -0.25) is 4.79 Å². The molecule has 0 bridgehead atoms. The molecular formula is C21H27N5O6S2. The van der Waals surface area contributed by atoms with E-state index < -0.39 is 27.5 Å². The van der Waals surface area contributed by atoms with Gasteiger partial charge in [-0.25, -0.2) is 27.6 Å². The highest BCUT2D eigenvalue weighted by atomic mass is 32.2. The first-order chi connectivity index (χ1) is 15.9. The first kappa shape index (κ1) is 24.5. The number of pyridine rings is 1. The van der Waals surface area contributed by atoms with E-state index >= 15 is 0 Å². The van der Waals surface area contributed by atoms with Crippen LogP contribution in [-0.4, -0.2) is 63.4 Å². The van der Waals surface area contributed by atoms with Crippen molar-refractivity contribution < 1.29 is 28.2 Å². The number of imidazole rings is 1. The summed E-state index contributed by atoms with van der Waals surface area (Å²) in [5.41, 5.74) is 0.366. The van der Waals surface area contributed by atoms with Crippen LogP contribution in [-0.2, 0) is 20.2 Å². The number of aromatic nitrogens is 4. The second-order valence-corrected chi connectivity index (χ2v) is 11.6. The van der Waals surface area contributed by atoms with Crippen LogP contribution >= 0.6 is 11.3 Å². The number of carboxylic acids is 1. The van der Waals surface area contributed by atoms with Gasteiger partial charge in [0.15, 0.2) is 0 Å². The number of carbonyl (C=O) groups is 1. The van der Waals surface area contributed by atoms with Crippen LogP contribution in [0.4, 0.5) is 0 Å². The lowest BCUT2D eigenvalue weighted by molar-refractivity contribution is -0.142. The van der Waals surface area contributed by atoms with Crippen LogP contribution in [0, 0.1) is 6.92 Å². The fourth-order valence-electron chi connectivity index (χ4n) is 3.91. The first-order valence-corrected chi connectivity index (χ1v) is 13.1. The van der Waals surface area contributed by atoms with E-state index in [1.807, 2.05) is 0 Å². The fraction of sp³-hybridized carbons (Fsp3) is 0.524. The maximum atomic E-state index is 13.2. The second-order valence-electron chi connectivity index (χ2n) is 8.94. The SMILES string of the molecule is COc1ncc(-c2c(C)nc3sc(C(C)(C)C(=O)O)nn23)cc1S(=O)(=O)NC1CCC(O)CC1. The molecule has 0 atom stereocenters. The van der Waals surface area contributed by atoms with Crippen LogP contribution in [0.1, 0.15) is 50.2 Å². The normalized spacial score (nSPS) is 19.4. The lowest BCUT2D eigenvalue weighted by Crippen LogP contribution is -2.38. The van der Waals surface area contributed by atoms with Crippen LogP contribution in [0.5, 0.6) is 5.88 Å². The molecule has 0 spiro atoms. The average molecular weight is 510 g/mol. The number of aliphatic carboxylic acids is 1. The van der Waals surface area contributed by atoms with Crippen molar-refractivity contribution in [1.82, 2.24) is 24.3 Å². The van der Waals surface area contributed by atoms with Crippen molar-refractivity contribution in [3.05, 3.63) is 23.0 Å². The van der Waals surface area contributed by atoms with Gasteiger partial charge in [-0.05, 0) is 52.5 Å². The standard InChI is InChI=1S/C21H27N5O6S2/c1-11-16(26-20(23-11)33-18(24-26)21(2,3)19(28)29)12-9-15(17(32-4)22-10-12)34(30,31)25-13-5-7-14(27)8-6-13/h9-10,13-14,25,27H,5-8H2,1-4H3,(H,28,29). The predicted molar refractivity (Wildman–Crippen MR) is 125 cm³/mol. The molecule has 0 saturated heterocycles. The molecule has 0 radical (unpaired) electrons. The van der Waals surface area contributed by atoms with Crippen molar-refractivity contribution in [3.8, 4) is 17.1 Å². The molecule has 0 aliphatic heterocycles. The molecule has 3 aromatic heterocycles. The number of fused-ring (bicyclic) bond motifs is 1. The number of sulfonamides is 1. The molecule has 0 unspecified atom stereocenters. The van der Waals surface area contributed by atoms with Crippen molar-refractivity contribution in [2.24, 2.45) is 0 Å². The summed E-state index contributed by atoms with van der Waals surface area (Å²) in [5, 5.41) is 24.1. The summed E-state index contributed by atoms with van der Waals surface area (Å²) in [4.78, 5) is 20.8. The van der Waals surface area contributed by atoms with Crippen LogP contribution < -0.4 is 9.46 Å². The van der Waals surface area contributed by atoms with Crippen LogP contribution in [0.3, 0.4) is 0 Å². The number of nitrogens with zero attached hydrogens (tertiary/aromatic N) is 4. The minimum Gasteiger partial charge on any atom is -0.481 e. The average Bonchev–Trinajstić information content (AvgIpc) is 3.32. The number of hydrogen-bond donors (Lipinski definition) is 3. The molecular weight excluding hydrogens is 482 g/mol. The minimum absolute atomic E-state index is 0.0449. The zero-order chi connectivity index (χ0) is 24.8. The molecule has 1 fully saturated rings. The number of aryl methyl sites for hydroxylation is 1. The summed E-state index contributed by atoms with van der Waals surface area (Å²) in [6.07, 6.45) is 3.23. The topological polar surface area (TPSA) is 156 Å². The Morgan fingerprint density at radius 2 is 1.97 bits per heavy atom. The number of ether oxygens (including phenoxy) is 1. The van der Waals surface area contributed by atoms with E-state index in [1.54, 1.807) is 20.8 Å². The van der Waals surface area contributed by atoms with Gasteiger partial charge in [0.1, 0.15) is 15.3 Å². The highest BCUT2D eigenvalue weighted by Crippen LogP contribution is 2.34. The zero-order valence-corrected chi connectivity index (χ0v) is 20.9. The molecule has 13 heteroatoms. The second kappa shape index (κ2) is 8.87. The molecule has 184 valence electrons. The summed E-state index contributed by atoms with van der Waals surface area (Å²) in [7, 11) is -2.63. The minimum atomic E-state index is -3.97. The van der Waals surface area contributed by atoms with Gasteiger partial charge in [0.2, 0.25) is 20.9 Å². The Hall–Kier alpha value is -2.61. The maximum Gasteiger partial charge on any atom is 0.316 e. The Morgan fingerprint density at radius 1 is 1.29 bits per heavy atom. The van der Waals surface area contributed by atoms with Crippen molar-refractivity contribution in [3.63, 3.8) is 0 Å². The van der Waals surface area contributed by atoms with Gasteiger partial charge < -0.3 is 14.9 Å². The number of rotatable bonds is 7. The number of methoxy groups -OCH3 is 1. The molecule has 1 saturated carbocycles.